The Morgan fingerprint density at radius 2 is 1.18 bits per heavy atom. The Bertz CT molecular complexity index is 366. The third kappa shape index (κ3) is 8.44. The van der Waals surface area contributed by atoms with E-state index in [1.54, 1.807) is 0 Å². The van der Waals surface area contributed by atoms with Crippen molar-refractivity contribution in [1.82, 2.24) is 0 Å². The van der Waals surface area contributed by atoms with Crippen molar-refractivity contribution in [3.05, 3.63) is 35.4 Å². The third-order valence-corrected chi connectivity index (χ3v) is 6.05. The van der Waals surface area contributed by atoms with Gasteiger partial charge in [0.1, 0.15) is 12.3 Å². The van der Waals surface area contributed by atoms with Gasteiger partial charge in [0, 0.05) is 12.8 Å². The molecular formula is C16H24F4P2. The quantitative estimate of drug-likeness (QED) is 0.346. The summed E-state index contributed by atoms with van der Waals surface area (Å²) in [7, 11) is 0.869. The third-order valence-electron chi connectivity index (χ3n) is 3.33. The molecule has 0 amide bonds. The average molecular weight is 354 g/mol. The van der Waals surface area contributed by atoms with Crippen molar-refractivity contribution in [2.45, 2.75) is 37.5 Å². The Kier molecular flexibility index (Phi) is 11.1. The number of benzene rings is 1. The van der Waals surface area contributed by atoms with E-state index < -0.39 is 25.7 Å². The average Bonchev–Trinajstić information content (AvgIpc) is 2.49. The van der Waals surface area contributed by atoms with Gasteiger partial charge in [-0.25, -0.2) is 8.78 Å². The summed E-state index contributed by atoms with van der Waals surface area (Å²) in [6.45, 7) is -1.21. The lowest BCUT2D eigenvalue weighted by Gasteiger charge is -2.11. The van der Waals surface area contributed by atoms with Crippen LogP contribution < -0.4 is 0 Å². The summed E-state index contributed by atoms with van der Waals surface area (Å²) in [5.74, 6) is 0. The highest BCUT2D eigenvalue weighted by molar-refractivity contribution is 7.37. The molecule has 1 rings (SSSR count). The van der Waals surface area contributed by atoms with E-state index in [9.17, 15) is 17.6 Å². The Hall–Kier alpha value is -0.200. The second-order valence-corrected chi connectivity index (χ2v) is 7.70. The topological polar surface area (TPSA) is 0 Å². The summed E-state index contributed by atoms with van der Waals surface area (Å²) in [5, 5.41) is 0. The molecular weight excluding hydrogens is 330 g/mol. The van der Waals surface area contributed by atoms with Gasteiger partial charge in [-0.2, -0.15) is 0 Å². The number of hydrogen-bond donors (Lipinski definition) is 0. The molecule has 0 aliphatic heterocycles. The van der Waals surface area contributed by atoms with Crippen molar-refractivity contribution in [2.24, 2.45) is 0 Å². The maximum Gasteiger partial charge on any atom is 0.106 e. The molecule has 0 radical (unpaired) electrons. The van der Waals surface area contributed by atoms with Gasteiger partial charge in [-0.1, -0.05) is 24.3 Å². The normalized spacial score (nSPS) is 15.1. The minimum Gasteiger partial charge on any atom is -0.251 e. The zero-order chi connectivity index (χ0) is 16.2. The fraction of sp³-hybridized carbons (Fsp3) is 0.625. The minimum atomic E-state index is -1.05. The lowest BCUT2D eigenvalue weighted by molar-refractivity contribution is 0.308. The molecule has 22 heavy (non-hydrogen) atoms. The van der Waals surface area contributed by atoms with E-state index in [2.05, 4.69) is 0 Å². The van der Waals surface area contributed by atoms with E-state index >= 15 is 0 Å². The van der Waals surface area contributed by atoms with E-state index in [0.29, 0.717) is 29.5 Å². The van der Waals surface area contributed by atoms with Gasteiger partial charge in [-0.15, -0.1) is 17.2 Å². The molecule has 0 spiro atoms. The summed E-state index contributed by atoms with van der Waals surface area (Å²) in [6.07, 6.45) is 0.266. The summed E-state index contributed by atoms with van der Waals surface area (Å²) in [6, 6.07) is 7.93. The van der Waals surface area contributed by atoms with Gasteiger partial charge in [-0.05, 0) is 35.8 Å². The zero-order valence-electron chi connectivity index (χ0n) is 12.6. The van der Waals surface area contributed by atoms with Crippen LogP contribution in [-0.4, -0.2) is 38.0 Å². The molecule has 0 nitrogen and oxygen atoms in total. The maximum atomic E-state index is 13.3. The molecule has 4 atom stereocenters. The first-order valence-corrected chi connectivity index (χ1v) is 10.4. The molecule has 1 aromatic carbocycles. The lowest BCUT2D eigenvalue weighted by Crippen LogP contribution is -2.04. The zero-order valence-corrected chi connectivity index (χ0v) is 14.6. The van der Waals surface area contributed by atoms with Crippen molar-refractivity contribution in [3.8, 4) is 0 Å². The van der Waals surface area contributed by atoms with Gasteiger partial charge < -0.3 is 0 Å². The van der Waals surface area contributed by atoms with E-state index in [4.69, 9.17) is 0 Å². The van der Waals surface area contributed by atoms with Gasteiger partial charge in [0.25, 0.3) is 0 Å². The van der Waals surface area contributed by atoms with Gasteiger partial charge in [-0.3, -0.25) is 8.78 Å². The number of alkyl halides is 4. The number of rotatable bonds is 12. The summed E-state index contributed by atoms with van der Waals surface area (Å²) in [5.41, 5.74) is 2.34. The molecule has 0 heterocycles. The van der Waals surface area contributed by atoms with Crippen LogP contribution in [0.5, 0.6) is 0 Å². The Morgan fingerprint density at radius 1 is 0.773 bits per heavy atom. The molecule has 4 unspecified atom stereocenters. The molecule has 0 fully saturated rings. The van der Waals surface area contributed by atoms with Gasteiger partial charge in [0.2, 0.25) is 0 Å². The predicted octanol–water partition coefficient (Wildman–Crippen LogP) is 5.44. The fourth-order valence-corrected chi connectivity index (χ4v) is 4.62. The van der Waals surface area contributed by atoms with Gasteiger partial charge >= 0.3 is 0 Å². The molecule has 0 bridgehead atoms. The highest BCUT2D eigenvalue weighted by Gasteiger charge is 2.09. The van der Waals surface area contributed by atoms with Crippen LogP contribution in [0.2, 0.25) is 0 Å². The van der Waals surface area contributed by atoms with Gasteiger partial charge in [0.05, 0.1) is 13.3 Å². The van der Waals surface area contributed by atoms with E-state index in [-0.39, 0.29) is 12.8 Å². The summed E-state index contributed by atoms with van der Waals surface area (Å²) >= 11 is 0. The summed E-state index contributed by atoms with van der Waals surface area (Å²) in [4.78, 5) is 0. The number of hydrogen-bond acceptors (Lipinski definition) is 0. The van der Waals surface area contributed by atoms with E-state index in [1.807, 2.05) is 24.3 Å². The standard InChI is InChI=1S/C16H24F4P2/c17-7-5-15(19)11-21-9-13-3-1-2-4-14(13)10-22-12-16(20)6-8-18/h1-4,15-16,21-22H,5-12H2. The highest BCUT2D eigenvalue weighted by Crippen LogP contribution is 2.28. The second kappa shape index (κ2) is 12.3. The summed E-state index contributed by atoms with van der Waals surface area (Å²) < 4.78 is 50.6. The van der Waals surface area contributed by atoms with Crippen LogP contribution in [0.1, 0.15) is 24.0 Å². The molecule has 6 heteroatoms. The Balaban J connectivity index is 2.38. The predicted molar refractivity (Wildman–Crippen MR) is 91.2 cm³/mol. The SMILES string of the molecule is FCCC(F)CPCc1ccccc1CPCC(F)CCF. The van der Waals surface area contributed by atoms with Crippen LogP contribution in [0.3, 0.4) is 0 Å². The fourth-order valence-electron chi connectivity index (χ4n) is 2.07. The monoisotopic (exact) mass is 354 g/mol. The van der Waals surface area contributed by atoms with E-state index in [0.717, 1.165) is 12.3 Å². The van der Waals surface area contributed by atoms with Crippen LogP contribution in [0.4, 0.5) is 17.6 Å². The van der Waals surface area contributed by atoms with Crippen molar-refractivity contribution in [1.29, 1.82) is 0 Å². The van der Waals surface area contributed by atoms with Gasteiger partial charge in [0.15, 0.2) is 0 Å². The highest BCUT2D eigenvalue weighted by atomic mass is 31.1. The van der Waals surface area contributed by atoms with Crippen LogP contribution in [-0.2, 0) is 12.3 Å². The molecule has 0 N–H and O–H groups in total. The molecule has 0 aliphatic rings. The molecule has 126 valence electrons. The van der Waals surface area contributed by atoms with Crippen molar-refractivity contribution in [3.63, 3.8) is 0 Å². The first-order valence-electron chi connectivity index (χ1n) is 7.55. The van der Waals surface area contributed by atoms with Crippen molar-refractivity contribution >= 4 is 17.2 Å². The molecule has 0 aromatic heterocycles. The smallest absolute Gasteiger partial charge is 0.106 e. The molecule has 0 aliphatic carbocycles. The Labute approximate surface area is 134 Å². The van der Waals surface area contributed by atoms with Crippen molar-refractivity contribution in [2.75, 3.05) is 25.7 Å². The van der Waals surface area contributed by atoms with Crippen LogP contribution in [0, 0.1) is 0 Å². The van der Waals surface area contributed by atoms with Crippen LogP contribution >= 0.6 is 17.2 Å². The lowest BCUT2D eigenvalue weighted by atomic mass is 10.1. The first-order chi connectivity index (χ1) is 10.7. The second-order valence-electron chi connectivity index (χ2n) is 5.18. The molecule has 0 saturated heterocycles. The largest absolute Gasteiger partial charge is 0.251 e. The van der Waals surface area contributed by atoms with Crippen LogP contribution in [0.15, 0.2) is 24.3 Å². The van der Waals surface area contributed by atoms with Crippen LogP contribution in [0.25, 0.3) is 0 Å². The Morgan fingerprint density at radius 3 is 1.55 bits per heavy atom. The first kappa shape index (κ1) is 19.8. The molecule has 0 saturated carbocycles. The maximum absolute atomic E-state index is 13.3. The van der Waals surface area contributed by atoms with E-state index in [1.165, 1.54) is 11.1 Å². The minimum absolute atomic E-state index is 0.0114. The van der Waals surface area contributed by atoms with Crippen molar-refractivity contribution < 1.29 is 17.6 Å². The number of halogens is 4. The molecule has 1 aromatic rings.